The van der Waals surface area contributed by atoms with Crippen LogP contribution in [0.25, 0.3) is 0 Å². The Hall–Kier alpha value is -1.02. The Balaban J connectivity index is 3.33. The van der Waals surface area contributed by atoms with E-state index in [9.17, 15) is 5.11 Å². The van der Waals surface area contributed by atoms with Crippen LogP contribution in [0, 0.1) is 6.92 Å². The van der Waals surface area contributed by atoms with Gasteiger partial charge in [-0.1, -0.05) is 26.0 Å². The molecule has 1 aromatic rings. The van der Waals surface area contributed by atoms with Crippen LogP contribution in [0.3, 0.4) is 0 Å². The van der Waals surface area contributed by atoms with Gasteiger partial charge in [0.1, 0.15) is 5.75 Å². The number of aliphatic hydroxyl groups excluding tert-OH is 1. The van der Waals surface area contributed by atoms with E-state index in [0.717, 1.165) is 22.4 Å². The Morgan fingerprint density at radius 1 is 1.36 bits per heavy atom. The van der Waals surface area contributed by atoms with E-state index in [4.69, 9.17) is 4.74 Å². The maximum Gasteiger partial charge on any atom is 0.127 e. The van der Waals surface area contributed by atoms with Crippen molar-refractivity contribution in [2.24, 2.45) is 0 Å². The molecule has 0 aromatic heterocycles. The van der Waals surface area contributed by atoms with Gasteiger partial charge in [-0.2, -0.15) is 0 Å². The quantitative estimate of drug-likeness (QED) is 0.801. The summed E-state index contributed by atoms with van der Waals surface area (Å²) >= 11 is 0. The Morgan fingerprint density at radius 2 is 2.00 bits per heavy atom. The molecular weight excluding hydrogens is 176 g/mol. The maximum absolute atomic E-state index is 9.32. The third-order valence-corrected chi connectivity index (χ3v) is 2.48. The Labute approximate surface area is 85.5 Å². The van der Waals surface area contributed by atoms with Crippen molar-refractivity contribution in [3.63, 3.8) is 0 Å². The van der Waals surface area contributed by atoms with E-state index in [1.54, 1.807) is 7.11 Å². The molecule has 0 aliphatic rings. The van der Waals surface area contributed by atoms with Gasteiger partial charge in [0.15, 0.2) is 0 Å². The molecule has 0 amide bonds. The van der Waals surface area contributed by atoms with E-state index >= 15 is 0 Å². The van der Waals surface area contributed by atoms with Crippen molar-refractivity contribution in [1.29, 1.82) is 0 Å². The van der Waals surface area contributed by atoms with E-state index in [1.807, 2.05) is 13.0 Å². The van der Waals surface area contributed by atoms with E-state index in [1.165, 1.54) is 0 Å². The molecule has 0 saturated heterocycles. The number of rotatable bonds is 3. The number of benzene rings is 1. The van der Waals surface area contributed by atoms with Crippen molar-refractivity contribution < 1.29 is 9.84 Å². The summed E-state index contributed by atoms with van der Waals surface area (Å²) in [5.41, 5.74) is 3.15. The molecule has 0 heterocycles. The SMILES string of the molecule is COc1c(C)ccc(C(C)C)c1CO. The molecule has 2 heteroatoms. The van der Waals surface area contributed by atoms with Crippen molar-refractivity contribution >= 4 is 0 Å². The van der Waals surface area contributed by atoms with Gasteiger partial charge in [0.2, 0.25) is 0 Å². The minimum Gasteiger partial charge on any atom is -0.496 e. The van der Waals surface area contributed by atoms with Crippen molar-refractivity contribution in [3.05, 3.63) is 28.8 Å². The minimum absolute atomic E-state index is 0.0400. The molecule has 0 spiro atoms. The molecule has 0 aliphatic heterocycles. The van der Waals surface area contributed by atoms with Crippen LogP contribution in [0.4, 0.5) is 0 Å². The van der Waals surface area contributed by atoms with Crippen molar-refractivity contribution in [1.82, 2.24) is 0 Å². The molecule has 0 fully saturated rings. The first-order chi connectivity index (χ1) is 6.61. The van der Waals surface area contributed by atoms with Gasteiger partial charge in [0, 0.05) is 5.56 Å². The summed E-state index contributed by atoms with van der Waals surface area (Å²) < 4.78 is 5.30. The second-order valence-electron chi connectivity index (χ2n) is 3.80. The Kier molecular flexibility index (Phi) is 3.53. The zero-order chi connectivity index (χ0) is 10.7. The van der Waals surface area contributed by atoms with Crippen LogP contribution >= 0.6 is 0 Å². The summed E-state index contributed by atoms with van der Waals surface area (Å²) in [6, 6.07) is 4.10. The van der Waals surface area contributed by atoms with Gasteiger partial charge in [-0.05, 0) is 24.0 Å². The summed E-state index contributed by atoms with van der Waals surface area (Å²) in [6.07, 6.45) is 0. The van der Waals surface area contributed by atoms with Crippen LogP contribution < -0.4 is 4.74 Å². The zero-order valence-corrected chi connectivity index (χ0v) is 9.29. The van der Waals surface area contributed by atoms with Gasteiger partial charge in [0.05, 0.1) is 13.7 Å². The molecule has 0 aliphatic carbocycles. The summed E-state index contributed by atoms with van der Waals surface area (Å²) in [4.78, 5) is 0. The van der Waals surface area contributed by atoms with Gasteiger partial charge in [-0.3, -0.25) is 0 Å². The first-order valence-electron chi connectivity index (χ1n) is 4.89. The predicted octanol–water partition coefficient (Wildman–Crippen LogP) is 2.62. The standard InChI is InChI=1S/C12H18O2/c1-8(2)10-6-5-9(3)12(14-4)11(10)7-13/h5-6,8,13H,7H2,1-4H3. The highest BCUT2D eigenvalue weighted by Gasteiger charge is 2.12. The monoisotopic (exact) mass is 194 g/mol. The summed E-state index contributed by atoms with van der Waals surface area (Å²) in [5, 5.41) is 9.32. The van der Waals surface area contributed by atoms with Gasteiger partial charge >= 0.3 is 0 Å². The lowest BCUT2D eigenvalue weighted by molar-refractivity contribution is 0.271. The number of ether oxygens (including phenoxy) is 1. The van der Waals surface area contributed by atoms with Crippen LogP contribution in [-0.4, -0.2) is 12.2 Å². The van der Waals surface area contributed by atoms with Gasteiger partial charge < -0.3 is 9.84 Å². The smallest absolute Gasteiger partial charge is 0.127 e. The van der Waals surface area contributed by atoms with E-state index in [2.05, 4.69) is 19.9 Å². The zero-order valence-electron chi connectivity index (χ0n) is 9.29. The van der Waals surface area contributed by atoms with E-state index in [-0.39, 0.29) is 6.61 Å². The van der Waals surface area contributed by atoms with Crippen LogP contribution in [-0.2, 0) is 6.61 Å². The van der Waals surface area contributed by atoms with Crippen molar-refractivity contribution in [3.8, 4) is 5.75 Å². The largest absolute Gasteiger partial charge is 0.496 e. The highest BCUT2D eigenvalue weighted by Crippen LogP contribution is 2.30. The first kappa shape index (κ1) is 11.1. The van der Waals surface area contributed by atoms with E-state index < -0.39 is 0 Å². The molecule has 78 valence electrons. The normalized spacial score (nSPS) is 10.7. The fraction of sp³-hybridized carbons (Fsp3) is 0.500. The lowest BCUT2D eigenvalue weighted by atomic mass is 9.95. The highest BCUT2D eigenvalue weighted by atomic mass is 16.5. The van der Waals surface area contributed by atoms with Crippen LogP contribution in [0.2, 0.25) is 0 Å². The third kappa shape index (κ3) is 1.90. The fourth-order valence-corrected chi connectivity index (χ4v) is 1.75. The average Bonchev–Trinajstić information content (AvgIpc) is 2.16. The molecule has 1 aromatic carbocycles. The summed E-state index contributed by atoms with van der Waals surface area (Å²) in [7, 11) is 1.64. The van der Waals surface area contributed by atoms with Gasteiger partial charge in [0.25, 0.3) is 0 Å². The molecule has 14 heavy (non-hydrogen) atoms. The van der Waals surface area contributed by atoms with E-state index in [0.29, 0.717) is 5.92 Å². The molecule has 1 rings (SSSR count). The average molecular weight is 194 g/mol. The lowest BCUT2D eigenvalue weighted by Gasteiger charge is -2.16. The second kappa shape index (κ2) is 4.47. The van der Waals surface area contributed by atoms with Gasteiger partial charge in [-0.15, -0.1) is 0 Å². The molecule has 2 nitrogen and oxygen atoms in total. The molecule has 0 bridgehead atoms. The second-order valence-corrected chi connectivity index (χ2v) is 3.80. The summed E-state index contributed by atoms with van der Waals surface area (Å²) in [6.45, 7) is 6.26. The van der Waals surface area contributed by atoms with Crippen LogP contribution in [0.5, 0.6) is 5.75 Å². The minimum atomic E-state index is 0.0400. The molecule has 1 N–H and O–H groups in total. The topological polar surface area (TPSA) is 29.5 Å². The van der Waals surface area contributed by atoms with Crippen molar-refractivity contribution in [2.45, 2.75) is 33.3 Å². The maximum atomic E-state index is 9.32. The Bertz CT molecular complexity index is 316. The molecule has 0 radical (unpaired) electrons. The molecule has 0 saturated carbocycles. The fourth-order valence-electron chi connectivity index (χ4n) is 1.75. The molecule has 0 unspecified atom stereocenters. The third-order valence-electron chi connectivity index (χ3n) is 2.48. The number of hydrogen-bond acceptors (Lipinski definition) is 2. The van der Waals surface area contributed by atoms with Crippen LogP contribution in [0.15, 0.2) is 12.1 Å². The lowest BCUT2D eigenvalue weighted by Crippen LogP contribution is -2.01. The number of aryl methyl sites for hydroxylation is 1. The summed E-state index contributed by atoms with van der Waals surface area (Å²) in [5.74, 6) is 1.23. The number of hydrogen-bond donors (Lipinski definition) is 1. The van der Waals surface area contributed by atoms with Crippen molar-refractivity contribution in [2.75, 3.05) is 7.11 Å². The van der Waals surface area contributed by atoms with Crippen LogP contribution in [0.1, 0.15) is 36.5 Å². The van der Waals surface area contributed by atoms with Gasteiger partial charge in [-0.25, -0.2) is 0 Å². The number of methoxy groups -OCH3 is 1. The first-order valence-corrected chi connectivity index (χ1v) is 4.89. The molecule has 0 atom stereocenters. The number of aliphatic hydroxyl groups is 1. The highest BCUT2D eigenvalue weighted by molar-refractivity contribution is 5.46. The molecular formula is C12H18O2. The predicted molar refractivity (Wildman–Crippen MR) is 57.7 cm³/mol. The Morgan fingerprint density at radius 3 is 2.43 bits per heavy atom.